The van der Waals surface area contributed by atoms with Gasteiger partial charge >= 0.3 is 0 Å². The van der Waals surface area contributed by atoms with Crippen LogP contribution in [0.2, 0.25) is 0 Å². The Bertz CT molecular complexity index is 392. The van der Waals surface area contributed by atoms with Crippen LogP contribution in [0.15, 0.2) is 6.07 Å². The number of aromatic nitrogens is 2. The lowest BCUT2D eigenvalue weighted by molar-refractivity contribution is 0.0853. The number of anilines is 3. The first-order valence-electron chi connectivity index (χ1n) is 6.39. The maximum atomic E-state index is 5.74. The Kier molecular flexibility index (Phi) is 4.19. The summed E-state index contributed by atoms with van der Waals surface area (Å²) in [5.41, 5.74) is 5.74. The number of nitrogens with two attached hydrogens (primary N) is 1. The molecule has 0 unspecified atom stereocenters. The van der Waals surface area contributed by atoms with Gasteiger partial charge in [-0.2, -0.15) is 9.97 Å². The van der Waals surface area contributed by atoms with E-state index in [2.05, 4.69) is 20.2 Å². The van der Waals surface area contributed by atoms with E-state index < -0.39 is 0 Å². The summed E-state index contributed by atoms with van der Waals surface area (Å²) in [7, 11) is 2.05. The molecule has 1 aliphatic heterocycles. The SMILES string of the molecule is CCNc1cc(N(C)C2CCOCC2)nc(N)n1. The van der Waals surface area contributed by atoms with Crippen LogP contribution >= 0.6 is 0 Å². The van der Waals surface area contributed by atoms with Crippen molar-refractivity contribution in [3.05, 3.63) is 6.07 Å². The first-order valence-corrected chi connectivity index (χ1v) is 6.39. The van der Waals surface area contributed by atoms with Crippen LogP contribution in [0.3, 0.4) is 0 Å². The zero-order valence-corrected chi connectivity index (χ0v) is 11.0. The molecule has 2 rings (SSSR count). The first kappa shape index (κ1) is 12.9. The van der Waals surface area contributed by atoms with Gasteiger partial charge in [0.05, 0.1) is 0 Å². The predicted molar refractivity (Wildman–Crippen MR) is 72.9 cm³/mol. The van der Waals surface area contributed by atoms with E-state index in [0.29, 0.717) is 12.0 Å². The van der Waals surface area contributed by atoms with Crippen LogP contribution in [0.1, 0.15) is 19.8 Å². The second kappa shape index (κ2) is 5.86. The highest BCUT2D eigenvalue weighted by Gasteiger charge is 2.20. The van der Waals surface area contributed by atoms with Crippen molar-refractivity contribution < 1.29 is 4.74 Å². The second-order valence-electron chi connectivity index (χ2n) is 4.45. The van der Waals surface area contributed by atoms with Crippen molar-refractivity contribution in [3.63, 3.8) is 0 Å². The van der Waals surface area contributed by atoms with Crippen LogP contribution < -0.4 is 16.0 Å². The van der Waals surface area contributed by atoms with Gasteiger partial charge in [-0.15, -0.1) is 0 Å². The molecule has 0 radical (unpaired) electrons. The van der Waals surface area contributed by atoms with Crippen LogP contribution in [0.4, 0.5) is 17.6 Å². The molecule has 1 fully saturated rings. The molecule has 0 saturated carbocycles. The minimum atomic E-state index is 0.308. The van der Waals surface area contributed by atoms with Gasteiger partial charge in [-0.3, -0.25) is 0 Å². The molecule has 0 atom stereocenters. The van der Waals surface area contributed by atoms with E-state index in [4.69, 9.17) is 10.5 Å². The lowest BCUT2D eigenvalue weighted by Gasteiger charge is -2.32. The van der Waals surface area contributed by atoms with Crippen molar-refractivity contribution in [1.29, 1.82) is 0 Å². The maximum Gasteiger partial charge on any atom is 0.223 e. The van der Waals surface area contributed by atoms with Crippen LogP contribution in [0.5, 0.6) is 0 Å². The average molecular weight is 251 g/mol. The van der Waals surface area contributed by atoms with Crippen LogP contribution in [0, 0.1) is 0 Å². The molecule has 0 amide bonds. The highest BCUT2D eigenvalue weighted by atomic mass is 16.5. The normalized spacial score (nSPS) is 16.6. The lowest BCUT2D eigenvalue weighted by atomic mass is 10.1. The highest BCUT2D eigenvalue weighted by molar-refractivity contribution is 5.52. The molecule has 1 aromatic heterocycles. The maximum absolute atomic E-state index is 5.74. The number of rotatable bonds is 4. The third-order valence-electron chi connectivity index (χ3n) is 3.19. The molecule has 1 aliphatic rings. The molecule has 0 aromatic carbocycles. The summed E-state index contributed by atoms with van der Waals surface area (Å²) in [4.78, 5) is 10.6. The summed E-state index contributed by atoms with van der Waals surface area (Å²) in [6, 6.07) is 2.40. The number of hydrogen-bond donors (Lipinski definition) is 2. The second-order valence-corrected chi connectivity index (χ2v) is 4.45. The number of nitrogen functional groups attached to an aromatic ring is 1. The standard InChI is InChI=1S/C12H21N5O/c1-3-14-10-8-11(16-12(13)15-10)17(2)9-4-6-18-7-5-9/h8-9H,3-7H2,1-2H3,(H3,13,14,15,16). The summed E-state index contributed by atoms with van der Waals surface area (Å²) >= 11 is 0. The molecular weight excluding hydrogens is 230 g/mol. The molecule has 3 N–H and O–H groups in total. The van der Waals surface area contributed by atoms with Gasteiger partial charge in [0.15, 0.2) is 0 Å². The van der Waals surface area contributed by atoms with Crippen LogP contribution in [-0.4, -0.2) is 42.8 Å². The highest BCUT2D eigenvalue weighted by Crippen LogP contribution is 2.22. The third kappa shape index (κ3) is 3.01. The van der Waals surface area contributed by atoms with E-state index in [9.17, 15) is 0 Å². The van der Waals surface area contributed by atoms with Crippen molar-refractivity contribution in [2.45, 2.75) is 25.8 Å². The monoisotopic (exact) mass is 251 g/mol. The lowest BCUT2D eigenvalue weighted by Crippen LogP contribution is -2.37. The third-order valence-corrected chi connectivity index (χ3v) is 3.19. The van der Waals surface area contributed by atoms with E-state index in [1.807, 2.05) is 20.0 Å². The number of nitrogens with zero attached hydrogens (tertiary/aromatic N) is 3. The summed E-state index contributed by atoms with van der Waals surface area (Å²) in [5, 5.41) is 3.16. The fraction of sp³-hybridized carbons (Fsp3) is 0.667. The molecule has 6 heteroatoms. The average Bonchev–Trinajstić information content (AvgIpc) is 2.38. The molecule has 1 saturated heterocycles. The molecule has 2 heterocycles. The quantitative estimate of drug-likeness (QED) is 0.834. The Morgan fingerprint density at radius 3 is 2.83 bits per heavy atom. The van der Waals surface area contributed by atoms with E-state index in [-0.39, 0.29) is 0 Å². The Balaban J connectivity index is 2.15. The molecule has 6 nitrogen and oxygen atoms in total. The Morgan fingerprint density at radius 1 is 1.44 bits per heavy atom. The molecule has 100 valence electrons. The van der Waals surface area contributed by atoms with Crippen LogP contribution in [-0.2, 0) is 4.74 Å². The van der Waals surface area contributed by atoms with Crippen molar-refractivity contribution >= 4 is 17.6 Å². The minimum Gasteiger partial charge on any atom is -0.381 e. The molecule has 0 bridgehead atoms. The zero-order chi connectivity index (χ0) is 13.0. The molecular formula is C12H21N5O. The Morgan fingerprint density at radius 2 is 2.17 bits per heavy atom. The van der Waals surface area contributed by atoms with Crippen molar-refractivity contribution in [2.75, 3.05) is 42.8 Å². The van der Waals surface area contributed by atoms with Crippen molar-refractivity contribution in [2.24, 2.45) is 0 Å². The Labute approximate surface area is 108 Å². The fourth-order valence-corrected chi connectivity index (χ4v) is 2.16. The van der Waals surface area contributed by atoms with Crippen LogP contribution in [0.25, 0.3) is 0 Å². The number of nitrogens with one attached hydrogen (secondary N) is 1. The fourth-order valence-electron chi connectivity index (χ4n) is 2.16. The summed E-state index contributed by atoms with van der Waals surface area (Å²) < 4.78 is 5.38. The van der Waals surface area contributed by atoms with Gasteiger partial charge in [0.25, 0.3) is 0 Å². The van der Waals surface area contributed by atoms with E-state index in [1.54, 1.807) is 0 Å². The summed E-state index contributed by atoms with van der Waals surface area (Å²) in [6.45, 7) is 4.47. The molecule has 0 spiro atoms. The van der Waals surface area contributed by atoms with Gasteiger partial charge in [-0.25, -0.2) is 0 Å². The molecule has 1 aromatic rings. The number of hydrogen-bond acceptors (Lipinski definition) is 6. The number of ether oxygens (including phenoxy) is 1. The van der Waals surface area contributed by atoms with Gasteiger partial charge in [0.2, 0.25) is 5.95 Å². The smallest absolute Gasteiger partial charge is 0.223 e. The zero-order valence-electron chi connectivity index (χ0n) is 11.0. The van der Waals surface area contributed by atoms with Crippen molar-refractivity contribution in [1.82, 2.24) is 9.97 Å². The first-order chi connectivity index (χ1) is 8.70. The Hall–Kier alpha value is -1.56. The van der Waals surface area contributed by atoms with Gasteiger partial charge in [0, 0.05) is 38.9 Å². The summed E-state index contributed by atoms with van der Waals surface area (Å²) in [5.74, 6) is 1.95. The van der Waals surface area contributed by atoms with Gasteiger partial charge in [-0.1, -0.05) is 0 Å². The topological polar surface area (TPSA) is 76.3 Å². The van der Waals surface area contributed by atoms with E-state index in [1.165, 1.54) is 0 Å². The van der Waals surface area contributed by atoms with E-state index in [0.717, 1.165) is 44.2 Å². The van der Waals surface area contributed by atoms with Gasteiger partial charge in [-0.05, 0) is 19.8 Å². The van der Waals surface area contributed by atoms with Gasteiger partial charge < -0.3 is 20.7 Å². The largest absolute Gasteiger partial charge is 0.381 e. The molecule has 18 heavy (non-hydrogen) atoms. The minimum absolute atomic E-state index is 0.308. The van der Waals surface area contributed by atoms with E-state index >= 15 is 0 Å². The van der Waals surface area contributed by atoms with Gasteiger partial charge in [0.1, 0.15) is 11.6 Å². The van der Waals surface area contributed by atoms with Crippen molar-refractivity contribution in [3.8, 4) is 0 Å². The predicted octanol–water partition coefficient (Wildman–Crippen LogP) is 1.11. The summed E-state index contributed by atoms with van der Waals surface area (Å²) in [6.07, 6.45) is 2.05. The molecule has 0 aliphatic carbocycles.